The molecule has 6 heteroatoms. The van der Waals surface area contributed by atoms with Crippen molar-refractivity contribution >= 4 is 23.1 Å². The third-order valence-corrected chi connectivity index (χ3v) is 3.76. The highest BCUT2D eigenvalue weighted by atomic mass is 32.1. The van der Waals surface area contributed by atoms with Crippen LogP contribution in [0.1, 0.15) is 38.1 Å². The van der Waals surface area contributed by atoms with Crippen LogP contribution in [-0.4, -0.2) is 23.3 Å². The molecule has 1 heterocycles. The van der Waals surface area contributed by atoms with Gasteiger partial charge in [-0.3, -0.25) is 0 Å². The van der Waals surface area contributed by atoms with Crippen molar-refractivity contribution in [3.05, 3.63) is 47.7 Å². The average molecular weight is 359 g/mol. The van der Waals surface area contributed by atoms with Crippen LogP contribution in [0.4, 0.5) is 5.82 Å². The minimum absolute atomic E-state index is 0.0136. The highest BCUT2D eigenvalue weighted by molar-refractivity contribution is 7.80. The lowest BCUT2D eigenvalue weighted by Crippen LogP contribution is -2.31. The first-order valence-electron chi connectivity index (χ1n) is 8.44. The van der Waals surface area contributed by atoms with Crippen LogP contribution in [-0.2, 0) is 0 Å². The van der Waals surface area contributed by atoms with Gasteiger partial charge in [0.05, 0.1) is 19.3 Å². The number of nitrogens with one attached hydrogen (secondary N) is 2. The van der Waals surface area contributed by atoms with Crippen molar-refractivity contribution in [2.75, 3.05) is 18.5 Å². The number of rotatable bonds is 7. The summed E-state index contributed by atoms with van der Waals surface area (Å²) in [4.78, 5) is 4.39. The fourth-order valence-corrected chi connectivity index (χ4v) is 2.66. The van der Waals surface area contributed by atoms with Crippen LogP contribution in [0.3, 0.4) is 0 Å². The minimum atomic E-state index is 0.0136. The lowest BCUT2D eigenvalue weighted by molar-refractivity contribution is 0.287. The summed E-state index contributed by atoms with van der Waals surface area (Å²) in [6.07, 6.45) is 0. The monoisotopic (exact) mass is 359 g/mol. The second-order valence-electron chi connectivity index (χ2n) is 5.56. The number of benzene rings is 1. The van der Waals surface area contributed by atoms with Crippen LogP contribution < -0.4 is 20.1 Å². The van der Waals surface area contributed by atoms with Crippen molar-refractivity contribution in [2.24, 2.45) is 0 Å². The Labute approximate surface area is 154 Å². The molecular formula is C19H25N3O2S. The van der Waals surface area contributed by atoms with Gasteiger partial charge in [0.15, 0.2) is 16.6 Å². The molecule has 0 fully saturated rings. The van der Waals surface area contributed by atoms with Crippen LogP contribution in [0.25, 0.3) is 0 Å². The van der Waals surface area contributed by atoms with E-state index in [1.807, 2.05) is 64.1 Å². The predicted molar refractivity (Wildman–Crippen MR) is 106 cm³/mol. The normalized spacial score (nSPS) is 11.5. The Bertz CT molecular complexity index is 722. The van der Waals surface area contributed by atoms with Crippen molar-refractivity contribution in [3.8, 4) is 11.5 Å². The van der Waals surface area contributed by atoms with Gasteiger partial charge in [-0.2, -0.15) is 0 Å². The molecule has 0 aliphatic carbocycles. The van der Waals surface area contributed by atoms with Gasteiger partial charge in [-0.15, -0.1) is 0 Å². The van der Waals surface area contributed by atoms with Crippen molar-refractivity contribution in [1.29, 1.82) is 0 Å². The standard InChI is InChI=1S/C19H25N3O2S/c1-5-23-16-11-10-15(12-17(16)24-6-2)14(4)21-19(25)22-18-9-7-8-13(3)20-18/h7-12,14H,5-6H2,1-4H3,(H2,20,21,22,25)/t14-/m0/s1. The average Bonchev–Trinajstić information content (AvgIpc) is 2.56. The van der Waals surface area contributed by atoms with Gasteiger partial charge in [-0.25, -0.2) is 4.98 Å². The number of thiocarbonyl (C=S) groups is 1. The molecule has 0 amide bonds. The van der Waals surface area contributed by atoms with Crippen molar-refractivity contribution in [1.82, 2.24) is 10.3 Å². The van der Waals surface area contributed by atoms with E-state index in [0.29, 0.717) is 18.3 Å². The summed E-state index contributed by atoms with van der Waals surface area (Å²) in [5.74, 6) is 2.23. The van der Waals surface area contributed by atoms with E-state index in [-0.39, 0.29) is 6.04 Å². The van der Waals surface area contributed by atoms with E-state index in [2.05, 4.69) is 15.6 Å². The first kappa shape index (κ1) is 19.0. The lowest BCUT2D eigenvalue weighted by Gasteiger charge is -2.19. The predicted octanol–water partition coefficient (Wildman–Crippen LogP) is 4.24. The fourth-order valence-electron chi connectivity index (χ4n) is 2.38. The Kier molecular flexibility index (Phi) is 7.01. The smallest absolute Gasteiger partial charge is 0.172 e. The molecule has 0 radical (unpaired) electrons. The summed E-state index contributed by atoms with van der Waals surface area (Å²) in [5, 5.41) is 6.90. The molecule has 0 spiro atoms. The summed E-state index contributed by atoms with van der Waals surface area (Å²) < 4.78 is 11.3. The van der Waals surface area contributed by atoms with Crippen molar-refractivity contribution in [2.45, 2.75) is 33.7 Å². The Morgan fingerprint density at radius 1 is 1.12 bits per heavy atom. The molecule has 2 N–H and O–H groups in total. The van der Waals surface area contributed by atoms with Gasteiger partial charge in [-0.1, -0.05) is 12.1 Å². The van der Waals surface area contributed by atoms with Crippen LogP contribution in [0.15, 0.2) is 36.4 Å². The maximum absolute atomic E-state index is 5.68. The second-order valence-corrected chi connectivity index (χ2v) is 5.96. The number of aromatic nitrogens is 1. The zero-order chi connectivity index (χ0) is 18.2. The molecular weight excluding hydrogens is 334 g/mol. The zero-order valence-corrected chi connectivity index (χ0v) is 15.9. The van der Waals surface area contributed by atoms with E-state index >= 15 is 0 Å². The first-order chi connectivity index (χ1) is 12.0. The lowest BCUT2D eigenvalue weighted by atomic mass is 10.1. The summed E-state index contributed by atoms with van der Waals surface area (Å²) in [6.45, 7) is 9.09. The van der Waals surface area contributed by atoms with Gasteiger partial charge in [0.2, 0.25) is 0 Å². The molecule has 0 bridgehead atoms. The number of nitrogens with zero attached hydrogens (tertiary/aromatic N) is 1. The molecule has 0 saturated carbocycles. The third kappa shape index (κ3) is 5.60. The van der Waals surface area contributed by atoms with Crippen LogP contribution in [0, 0.1) is 6.92 Å². The fraction of sp³-hybridized carbons (Fsp3) is 0.368. The molecule has 1 aromatic heterocycles. The zero-order valence-electron chi connectivity index (χ0n) is 15.1. The van der Waals surface area contributed by atoms with E-state index in [1.165, 1.54) is 0 Å². The summed E-state index contributed by atoms with van der Waals surface area (Å²) in [6, 6.07) is 11.7. The number of hydrogen-bond acceptors (Lipinski definition) is 4. The van der Waals surface area contributed by atoms with Gasteiger partial charge < -0.3 is 20.1 Å². The molecule has 0 unspecified atom stereocenters. The summed E-state index contributed by atoms with van der Waals surface area (Å²) in [7, 11) is 0. The molecule has 0 saturated heterocycles. The number of hydrogen-bond donors (Lipinski definition) is 2. The Morgan fingerprint density at radius 2 is 1.84 bits per heavy atom. The highest BCUT2D eigenvalue weighted by Crippen LogP contribution is 2.30. The van der Waals surface area contributed by atoms with Crippen LogP contribution in [0.5, 0.6) is 11.5 Å². The van der Waals surface area contributed by atoms with Crippen molar-refractivity contribution in [3.63, 3.8) is 0 Å². The van der Waals surface area contributed by atoms with Crippen molar-refractivity contribution < 1.29 is 9.47 Å². The largest absolute Gasteiger partial charge is 0.490 e. The highest BCUT2D eigenvalue weighted by Gasteiger charge is 2.12. The molecule has 2 aromatic rings. The third-order valence-electron chi connectivity index (χ3n) is 3.54. The van der Waals surface area contributed by atoms with E-state index < -0.39 is 0 Å². The number of pyridine rings is 1. The molecule has 25 heavy (non-hydrogen) atoms. The van der Waals surface area contributed by atoms with E-state index in [9.17, 15) is 0 Å². The first-order valence-corrected chi connectivity index (χ1v) is 8.85. The molecule has 1 atom stereocenters. The molecule has 2 rings (SSSR count). The molecule has 0 aliphatic heterocycles. The second kappa shape index (κ2) is 9.22. The van der Waals surface area contributed by atoms with Gasteiger partial charge in [0.25, 0.3) is 0 Å². The van der Waals surface area contributed by atoms with Gasteiger partial charge in [0.1, 0.15) is 5.82 Å². The Balaban J connectivity index is 2.05. The number of ether oxygens (including phenoxy) is 2. The maximum atomic E-state index is 5.68. The topological polar surface area (TPSA) is 55.4 Å². The Hall–Kier alpha value is -2.34. The maximum Gasteiger partial charge on any atom is 0.172 e. The van der Waals surface area contributed by atoms with Crippen LogP contribution in [0.2, 0.25) is 0 Å². The van der Waals surface area contributed by atoms with E-state index in [0.717, 1.165) is 28.6 Å². The molecule has 0 aliphatic rings. The quantitative estimate of drug-likeness (QED) is 0.722. The van der Waals surface area contributed by atoms with Gasteiger partial charge in [0, 0.05) is 5.69 Å². The Morgan fingerprint density at radius 3 is 2.52 bits per heavy atom. The number of aryl methyl sites for hydroxylation is 1. The van der Waals surface area contributed by atoms with Crippen LogP contribution >= 0.6 is 12.2 Å². The molecule has 134 valence electrons. The summed E-state index contributed by atoms with van der Waals surface area (Å²) in [5.41, 5.74) is 2.00. The van der Waals surface area contributed by atoms with Gasteiger partial charge >= 0.3 is 0 Å². The number of anilines is 1. The molecule has 1 aromatic carbocycles. The van der Waals surface area contributed by atoms with E-state index in [4.69, 9.17) is 21.7 Å². The molecule has 5 nitrogen and oxygen atoms in total. The SMILES string of the molecule is CCOc1ccc([C@H](C)NC(=S)Nc2cccc(C)n2)cc1OCC. The van der Waals surface area contributed by atoms with Gasteiger partial charge in [-0.05, 0) is 69.7 Å². The van der Waals surface area contributed by atoms with E-state index in [1.54, 1.807) is 0 Å². The minimum Gasteiger partial charge on any atom is -0.490 e. The summed E-state index contributed by atoms with van der Waals surface area (Å²) >= 11 is 5.39.